The highest BCUT2D eigenvalue weighted by Crippen LogP contribution is 2.38. The van der Waals surface area contributed by atoms with Crippen LogP contribution in [0.15, 0.2) is 60.8 Å². The number of benzene rings is 2. The second-order valence-corrected chi connectivity index (χ2v) is 5.60. The molecule has 1 unspecified atom stereocenters. The molecule has 0 saturated carbocycles. The highest BCUT2D eigenvalue weighted by atomic mass is 16.1. The van der Waals surface area contributed by atoms with Crippen molar-refractivity contribution < 1.29 is 4.79 Å². The van der Waals surface area contributed by atoms with Crippen LogP contribution in [0.4, 0.5) is 0 Å². The van der Waals surface area contributed by atoms with Crippen molar-refractivity contribution in [2.75, 3.05) is 0 Å². The van der Waals surface area contributed by atoms with Crippen molar-refractivity contribution in [3.63, 3.8) is 0 Å². The van der Waals surface area contributed by atoms with Crippen LogP contribution in [0.5, 0.6) is 0 Å². The van der Waals surface area contributed by atoms with Gasteiger partial charge in [-0.1, -0.05) is 42.5 Å². The lowest BCUT2D eigenvalue weighted by Crippen LogP contribution is -2.20. The maximum atomic E-state index is 12.6. The molecule has 2 nitrogen and oxygen atoms in total. The van der Waals surface area contributed by atoms with Crippen molar-refractivity contribution >= 4 is 16.7 Å². The number of hydrogen-bond donors (Lipinski definition) is 0. The normalized spacial score (nSPS) is 16.3. The van der Waals surface area contributed by atoms with Crippen LogP contribution < -0.4 is 0 Å². The predicted octanol–water partition coefficient (Wildman–Crippen LogP) is 4.15. The topological polar surface area (TPSA) is 30.0 Å². The summed E-state index contributed by atoms with van der Waals surface area (Å²) in [5, 5.41) is 0.956. The first-order valence-electron chi connectivity index (χ1n) is 7.27. The van der Waals surface area contributed by atoms with Crippen molar-refractivity contribution in [3.05, 3.63) is 77.5 Å². The Morgan fingerprint density at radius 2 is 1.86 bits per heavy atom. The highest BCUT2D eigenvalue weighted by Gasteiger charge is 2.28. The third-order valence-corrected chi connectivity index (χ3v) is 4.34. The number of Topliss-reactive ketones (excluding diaryl/α,β-unsaturated/α-hetero) is 1. The Bertz CT molecular complexity index is 832. The number of ketones is 1. The number of hydrogen-bond acceptors (Lipinski definition) is 2. The Morgan fingerprint density at radius 1 is 1.05 bits per heavy atom. The third-order valence-electron chi connectivity index (χ3n) is 4.34. The minimum absolute atomic E-state index is 0.216. The molecule has 1 atom stereocenters. The van der Waals surface area contributed by atoms with Crippen LogP contribution in [-0.4, -0.2) is 10.8 Å². The van der Waals surface area contributed by atoms with Gasteiger partial charge in [-0.3, -0.25) is 9.78 Å². The molecule has 21 heavy (non-hydrogen) atoms. The van der Waals surface area contributed by atoms with Gasteiger partial charge in [-0.2, -0.15) is 0 Å². The number of fused-ring (bicyclic) bond motifs is 2. The number of carbonyl (C=O) groups is 1. The van der Waals surface area contributed by atoms with Crippen LogP contribution in [0.25, 0.3) is 10.9 Å². The zero-order chi connectivity index (χ0) is 14.2. The molecule has 1 aromatic heterocycles. The van der Waals surface area contributed by atoms with E-state index in [-0.39, 0.29) is 5.78 Å². The molecule has 0 amide bonds. The Labute approximate surface area is 123 Å². The first kappa shape index (κ1) is 12.3. The zero-order valence-electron chi connectivity index (χ0n) is 11.6. The average Bonchev–Trinajstić information content (AvgIpc) is 2.52. The largest absolute Gasteiger partial charge is 0.294 e. The second-order valence-electron chi connectivity index (χ2n) is 5.60. The monoisotopic (exact) mass is 273 g/mol. The minimum Gasteiger partial charge on any atom is -0.294 e. The summed E-state index contributed by atoms with van der Waals surface area (Å²) in [4.78, 5) is 17.0. The summed E-state index contributed by atoms with van der Waals surface area (Å²) >= 11 is 0. The van der Waals surface area contributed by atoms with Crippen LogP contribution >= 0.6 is 0 Å². The lowest BCUT2D eigenvalue weighted by atomic mass is 9.74. The Hall–Kier alpha value is -2.48. The molecule has 2 aromatic carbocycles. The summed E-state index contributed by atoms with van der Waals surface area (Å²) < 4.78 is 0. The Morgan fingerprint density at radius 3 is 2.76 bits per heavy atom. The van der Waals surface area contributed by atoms with Crippen molar-refractivity contribution in [3.8, 4) is 0 Å². The molecule has 1 aliphatic carbocycles. The average molecular weight is 273 g/mol. The van der Waals surface area contributed by atoms with Gasteiger partial charge in [-0.05, 0) is 35.6 Å². The van der Waals surface area contributed by atoms with Gasteiger partial charge in [0.25, 0.3) is 0 Å². The number of pyridine rings is 1. The van der Waals surface area contributed by atoms with Gasteiger partial charge < -0.3 is 0 Å². The highest BCUT2D eigenvalue weighted by molar-refractivity contribution is 6.07. The maximum absolute atomic E-state index is 12.6. The van der Waals surface area contributed by atoms with Gasteiger partial charge in [0.2, 0.25) is 0 Å². The molecule has 0 fully saturated rings. The molecule has 0 saturated heterocycles. The van der Waals surface area contributed by atoms with Crippen LogP contribution in [0, 0.1) is 0 Å². The molecule has 0 radical (unpaired) electrons. The van der Waals surface area contributed by atoms with E-state index in [2.05, 4.69) is 29.2 Å². The van der Waals surface area contributed by atoms with Crippen molar-refractivity contribution in [1.29, 1.82) is 0 Å². The van der Waals surface area contributed by atoms with Crippen LogP contribution in [0.3, 0.4) is 0 Å². The zero-order valence-corrected chi connectivity index (χ0v) is 11.6. The van der Waals surface area contributed by atoms with E-state index in [9.17, 15) is 4.79 Å². The van der Waals surface area contributed by atoms with Gasteiger partial charge in [-0.15, -0.1) is 0 Å². The van der Waals surface area contributed by atoms with Crippen molar-refractivity contribution in [2.24, 2.45) is 0 Å². The van der Waals surface area contributed by atoms with Gasteiger partial charge >= 0.3 is 0 Å². The SMILES string of the molecule is O=C(CC1Cc2ccccc21)c1ccnc2ccccc12. The molecule has 2 heteroatoms. The summed E-state index contributed by atoms with van der Waals surface area (Å²) in [6.45, 7) is 0. The summed E-state index contributed by atoms with van der Waals surface area (Å²) in [5.41, 5.74) is 4.40. The molecule has 0 spiro atoms. The van der Waals surface area contributed by atoms with Crippen molar-refractivity contribution in [2.45, 2.75) is 18.8 Å². The summed E-state index contributed by atoms with van der Waals surface area (Å²) in [6.07, 6.45) is 3.33. The fourth-order valence-electron chi connectivity index (χ4n) is 3.22. The first-order chi connectivity index (χ1) is 10.3. The van der Waals surface area contributed by atoms with Gasteiger partial charge in [0.15, 0.2) is 5.78 Å². The molecule has 4 rings (SSSR count). The minimum atomic E-state index is 0.216. The van der Waals surface area contributed by atoms with Gasteiger partial charge in [0.05, 0.1) is 5.52 Å². The summed E-state index contributed by atoms with van der Waals surface area (Å²) in [5.74, 6) is 0.591. The standard InChI is InChI=1S/C19H15NO/c21-19(12-14-11-13-5-1-2-6-15(13)14)17-9-10-20-18-8-4-3-7-16(17)18/h1-10,14H,11-12H2. The fraction of sp³-hybridized carbons (Fsp3) is 0.158. The van der Waals surface area contributed by atoms with Crippen LogP contribution in [-0.2, 0) is 6.42 Å². The van der Waals surface area contributed by atoms with E-state index >= 15 is 0 Å². The lowest BCUT2D eigenvalue weighted by molar-refractivity contribution is 0.0972. The summed E-state index contributed by atoms with van der Waals surface area (Å²) in [7, 11) is 0. The van der Waals surface area contributed by atoms with Gasteiger partial charge in [-0.25, -0.2) is 0 Å². The fourth-order valence-corrected chi connectivity index (χ4v) is 3.22. The molecule has 1 aliphatic rings. The van der Waals surface area contributed by atoms with Gasteiger partial charge in [0, 0.05) is 23.6 Å². The van der Waals surface area contributed by atoms with Gasteiger partial charge in [0.1, 0.15) is 0 Å². The smallest absolute Gasteiger partial charge is 0.164 e. The third kappa shape index (κ3) is 2.04. The Kier molecular flexibility index (Phi) is 2.81. The van der Waals surface area contributed by atoms with Crippen molar-refractivity contribution in [1.82, 2.24) is 4.98 Å². The molecule has 3 aromatic rings. The van der Waals surface area contributed by atoms with E-state index < -0.39 is 0 Å². The van der Waals surface area contributed by atoms with E-state index in [0.29, 0.717) is 12.3 Å². The molecular formula is C19H15NO. The quantitative estimate of drug-likeness (QED) is 0.671. The van der Waals surface area contributed by atoms with E-state index in [1.807, 2.05) is 30.3 Å². The Balaban J connectivity index is 1.64. The van der Waals surface area contributed by atoms with Crippen LogP contribution in [0.1, 0.15) is 33.8 Å². The maximum Gasteiger partial charge on any atom is 0.164 e. The molecule has 1 heterocycles. The molecule has 102 valence electrons. The summed E-state index contributed by atoms with van der Waals surface area (Å²) in [6, 6.07) is 18.1. The number of rotatable bonds is 3. The predicted molar refractivity (Wildman–Crippen MR) is 83.6 cm³/mol. The van der Waals surface area contributed by atoms with E-state index in [1.54, 1.807) is 6.20 Å². The van der Waals surface area contributed by atoms with Crippen LogP contribution in [0.2, 0.25) is 0 Å². The number of carbonyl (C=O) groups excluding carboxylic acids is 1. The second kappa shape index (κ2) is 4.81. The molecule has 0 bridgehead atoms. The number of para-hydroxylation sites is 1. The molecule has 0 aliphatic heterocycles. The molecule has 0 N–H and O–H groups in total. The molecular weight excluding hydrogens is 258 g/mol. The van der Waals surface area contributed by atoms with E-state index in [0.717, 1.165) is 22.9 Å². The lowest BCUT2D eigenvalue weighted by Gasteiger charge is -2.29. The number of nitrogens with zero attached hydrogens (tertiary/aromatic N) is 1. The number of aromatic nitrogens is 1. The first-order valence-corrected chi connectivity index (χ1v) is 7.27. The van der Waals surface area contributed by atoms with E-state index in [1.165, 1.54) is 11.1 Å². The van der Waals surface area contributed by atoms with E-state index in [4.69, 9.17) is 0 Å².